The lowest BCUT2D eigenvalue weighted by Crippen LogP contribution is -2.39. The van der Waals surface area contributed by atoms with E-state index in [0.717, 1.165) is 29.3 Å². The van der Waals surface area contributed by atoms with Crippen LogP contribution in [0.5, 0.6) is 0 Å². The summed E-state index contributed by atoms with van der Waals surface area (Å²) < 4.78 is 0. The van der Waals surface area contributed by atoms with Gasteiger partial charge in [0.25, 0.3) is 5.91 Å². The van der Waals surface area contributed by atoms with E-state index >= 15 is 0 Å². The Morgan fingerprint density at radius 3 is 2.54 bits per heavy atom. The number of benzene rings is 2. The Labute approximate surface area is 153 Å². The summed E-state index contributed by atoms with van der Waals surface area (Å²) in [5.74, 6) is 0.242. The number of piperidine rings is 1. The topological polar surface area (TPSA) is 53.4 Å². The summed E-state index contributed by atoms with van der Waals surface area (Å²) in [4.78, 5) is 19.2. The number of aliphatic hydroxyl groups is 1. The van der Waals surface area contributed by atoms with Crippen molar-refractivity contribution in [2.75, 3.05) is 13.1 Å². The third-order valence-electron chi connectivity index (χ3n) is 5.29. The molecule has 1 amide bonds. The number of aromatic nitrogens is 1. The zero-order valence-corrected chi connectivity index (χ0v) is 14.6. The van der Waals surface area contributed by atoms with Gasteiger partial charge in [-0.25, -0.2) is 0 Å². The van der Waals surface area contributed by atoms with Gasteiger partial charge in [0.05, 0.1) is 11.6 Å². The molecule has 0 radical (unpaired) electrons. The summed E-state index contributed by atoms with van der Waals surface area (Å²) in [5.41, 5.74) is 2.50. The van der Waals surface area contributed by atoms with Crippen LogP contribution in [0.25, 0.3) is 10.9 Å². The second-order valence-electron chi connectivity index (χ2n) is 6.86. The number of hydrogen-bond donors (Lipinski definition) is 1. The monoisotopic (exact) mass is 346 g/mol. The fraction of sp³-hybridized carbons (Fsp3) is 0.273. The van der Waals surface area contributed by atoms with Gasteiger partial charge in [-0.05, 0) is 42.5 Å². The van der Waals surface area contributed by atoms with Gasteiger partial charge in [-0.1, -0.05) is 42.5 Å². The van der Waals surface area contributed by atoms with Gasteiger partial charge < -0.3 is 10.0 Å². The molecular formula is C22H22N2O2. The Bertz CT molecular complexity index is 897. The number of rotatable bonds is 3. The van der Waals surface area contributed by atoms with Crippen molar-refractivity contribution in [1.82, 2.24) is 9.88 Å². The maximum Gasteiger partial charge on any atom is 0.254 e. The van der Waals surface area contributed by atoms with Crippen LogP contribution in [0.2, 0.25) is 0 Å². The summed E-state index contributed by atoms with van der Waals surface area (Å²) in [6.45, 7) is 1.34. The van der Waals surface area contributed by atoms with Crippen molar-refractivity contribution in [3.63, 3.8) is 0 Å². The van der Waals surface area contributed by atoms with Crippen LogP contribution in [0.3, 0.4) is 0 Å². The predicted molar refractivity (Wildman–Crippen MR) is 102 cm³/mol. The zero-order chi connectivity index (χ0) is 17.9. The largest absolute Gasteiger partial charge is 0.388 e. The highest BCUT2D eigenvalue weighted by Crippen LogP contribution is 2.31. The van der Waals surface area contributed by atoms with E-state index in [1.54, 1.807) is 6.20 Å². The minimum atomic E-state index is -0.463. The summed E-state index contributed by atoms with van der Waals surface area (Å²) in [7, 11) is 0. The maximum absolute atomic E-state index is 13.0. The fourth-order valence-electron chi connectivity index (χ4n) is 3.80. The highest BCUT2D eigenvalue weighted by atomic mass is 16.3. The molecular weight excluding hydrogens is 324 g/mol. The summed E-state index contributed by atoms with van der Waals surface area (Å²) in [5, 5.41) is 11.5. The number of nitrogens with zero attached hydrogens (tertiary/aromatic N) is 2. The van der Waals surface area contributed by atoms with Crippen molar-refractivity contribution < 1.29 is 9.90 Å². The molecule has 0 saturated carbocycles. The molecule has 1 aliphatic heterocycles. The number of hydrogen-bond acceptors (Lipinski definition) is 3. The van der Waals surface area contributed by atoms with Gasteiger partial charge in [-0.2, -0.15) is 0 Å². The van der Waals surface area contributed by atoms with Crippen LogP contribution in [0.4, 0.5) is 0 Å². The molecule has 4 rings (SSSR count). The van der Waals surface area contributed by atoms with Gasteiger partial charge in [-0.3, -0.25) is 9.78 Å². The molecule has 0 spiro atoms. The number of aliphatic hydroxyl groups excluding tert-OH is 1. The molecule has 1 aliphatic rings. The molecule has 1 N–H and O–H groups in total. The Morgan fingerprint density at radius 2 is 1.77 bits per heavy atom. The average molecular weight is 346 g/mol. The third kappa shape index (κ3) is 3.20. The number of carbonyl (C=O) groups is 1. The van der Waals surface area contributed by atoms with E-state index in [4.69, 9.17) is 0 Å². The van der Waals surface area contributed by atoms with Crippen LogP contribution in [0.1, 0.15) is 34.9 Å². The van der Waals surface area contributed by atoms with Crippen molar-refractivity contribution in [2.24, 2.45) is 5.92 Å². The summed E-state index contributed by atoms with van der Waals surface area (Å²) >= 11 is 0. The van der Waals surface area contributed by atoms with Gasteiger partial charge in [0, 0.05) is 30.2 Å². The number of amides is 1. The molecule has 1 aromatic heterocycles. The standard InChI is InChI=1S/C22H22N2O2/c25-21(16-6-2-1-3-7-16)17-11-14-24(15-12-17)22(26)19-8-4-10-20-18(19)9-5-13-23-20/h1-10,13,17,21,25H,11-12,14-15H2/t21-/m0/s1. The van der Waals surface area contributed by atoms with E-state index in [1.807, 2.05) is 65.6 Å². The summed E-state index contributed by atoms with van der Waals surface area (Å²) in [6.07, 6.45) is 2.90. The normalized spacial score (nSPS) is 16.6. The lowest BCUT2D eigenvalue weighted by molar-refractivity contribution is 0.0463. The van der Waals surface area contributed by atoms with Crippen molar-refractivity contribution in [1.29, 1.82) is 0 Å². The highest BCUT2D eigenvalue weighted by molar-refractivity contribution is 6.06. The Kier molecular flexibility index (Phi) is 4.67. The molecule has 2 aromatic carbocycles. The molecule has 0 unspecified atom stereocenters. The highest BCUT2D eigenvalue weighted by Gasteiger charge is 2.29. The minimum absolute atomic E-state index is 0.0521. The van der Waals surface area contributed by atoms with Gasteiger partial charge in [0.2, 0.25) is 0 Å². The molecule has 1 fully saturated rings. The van der Waals surface area contributed by atoms with E-state index in [2.05, 4.69) is 4.98 Å². The predicted octanol–water partition coefficient (Wildman–Crippen LogP) is 3.82. The number of carbonyl (C=O) groups excluding carboxylic acids is 1. The Morgan fingerprint density at radius 1 is 1.00 bits per heavy atom. The molecule has 132 valence electrons. The number of fused-ring (bicyclic) bond motifs is 1. The van der Waals surface area contributed by atoms with Gasteiger partial charge in [0.1, 0.15) is 0 Å². The van der Waals surface area contributed by atoms with E-state index in [1.165, 1.54) is 0 Å². The van der Waals surface area contributed by atoms with Crippen molar-refractivity contribution in [2.45, 2.75) is 18.9 Å². The lowest BCUT2D eigenvalue weighted by Gasteiger charge is -2.34. The van der Waals surface area contributed by atoms with E-state index in [0.29, 0.717) is 18.7 Å². The zero-order valence-electron chi connectivity index (χ0n) is 14.6. The first-order valence-corrected chi connectivity index (χ1v) is 9.10. The smallest absolute Gasteiger partial charge is 0.254 e. The van der Waals surface area contributed by atoms with Crippen LogP contribution >= 0.6 is 0 Å². The van der Waals surface area contributed by atoms with Gasteiger partial charge in [0.15, 0.2) is 0 Å². The SMILES string of the molecule is O=C(c1cccc2ncccc12)N1CCC([C@@H](O)c2ccccc2)CC1. The molecule has 3 aromatic rings. The molecule has 1 atom stereocenters. The molecule has 26 heavy (non-hydrogen) atoms. The fourth-order valence-corrected chi connectivity index (χ4v) is 3.80. The summed E-state index contributed by atoms with van der Waals surface area (Å²) in [6, 6.07) is 19.3. The maximum atomic E-state index is 13.0. The number of pyridine rings is 1. The van der Waals surface area contributed by atoms with Crippen LogP contribution in [0, 0.1) is 5.92 Å². The molecule has 1 saturated heterocycles. The molecule has 0 bridgehead atoms. The molecule has 4 heteroatoms. The Balaban J connectivity index is 1.47. The van der Waals surface area contributed by atoms with Gasteiger partial charge >= 0.3 is 0 Å². The molecule has 2 heterocycles. The first kappa shape index (κ1) is 16.7. The first-order chi connectivity index (χ1) is 12.7. The Hall–Kier alpha value is -2.72. The van der Waals surface area contributed by atoms with E-state index in [-0.39, 0.29) is 11.8 Å². The van der Waals surface area contributed by atoms with Crippen molar-refractivity contribution in [3.05, 3.63) is 78.0 Å². The van der Waals surface area contributed by atoms with Crippen LogP contribution < -0.4 is 0 Å². The minimum Gasteiger partial charge on any atom is -0.388 e. The quantitative estimate of drug-likeness (QED) is 0.784. The van der Waals surface area contributed by atoms with E-state index < -0.39 is 6.10 Å². The number of likely N-dealkylation sites (tertiary alicyclic amines) is 1. The van der Waals surface area contributed by atoms with E-state index in [9.17, 15) is 9.90 Å². The van der Waals surface area contributed by atoms with Crippen molar-refractivity contribution in [3.8, 4) is 0 Å². The second-order valence-corrected chi connectivity index (χ2v) is 6.86. The third-order valence-corrected chi connectivity index (χ3v) is 5.29. The van der Waals surface area contributed by atoms with Crippen molar-refractivity contribution >= 4 is 16.8 Å². The van der Waals surface area contributed by atoms with Gasteiger partial charge in [-0.15, -0.1) is 0 Å². The first-order valence-electron chi connectivity index (χ1n) is 9.10. The van der Waals surface area contributed by atoms with Crippen LogP contribution in [-0.4, -0.2) is 34.0 Å². The van der Waals surface area contributed by atoms with Crippen LogP contribution in [-0.2, 0) is 0 Å². The second kappa shape index (κ2) is 7.26. The van der Waals surface area contributed by atoms with Crippen LogP contribution in [0.15, 0.2) is 66.9 Å². The molecule has 0 aliphatic carbocycles. The average Bonchev–Trinajstić information content (AvgIpc) is 2.73. The molecule has 4 nitrogen and oxygen atoms in total. The lowest BCUT2D eigenvalue weighted by atomic mass is 9.87.